The molecule has 0 radical (unpaired) electrons. The molecule has 0 bridgehead atoms. The third-order valence-electron chi connectivity index (χ3n) is 4.60. The maximum absolute atomic E-state index is 12.8. The van der Waals surface area contributed by atoms with Crippen molar-refractivity contribution < 1.29 is 9.59 Å². The lowest BCUT2D eigenvalue weighted by Crippen LogP contribution is -2.42. The molecule has 25 heavy (non-hydrogen) atoms. The fourth-order valence-electron chi connectivity index (χ4n) is 3.36. The van der Waals surface area contributed by atoms with E-state index in [0.717, 1.165) is 40.1 Å². The van der Waals surface area contributed by atoms with E-state index in [0.29, 0.717) is 0 Å². The first-order valence-corrected chi connectivity index (χ1v) is 10.6. The predicted molar refractivity (Wildman–Crippen MR) is 111 cm³/mol. The van der Waals surface area contributed by atoms with Crippen LogP contribution in [0.25, 0.3) is 0 Å². The average Bonchev–Trinajstić information content (AvgIpc) is 2.93. The summed E-state index contributed by atoms with van der Waals surface area (Å²) in [5, 5.41) is 3.27. The van der Waals surface area contributed by atoms with Gasteiger partial charge in [-0.2, -0.15) is 0 Å². The highest BCUT2D eigenvalue weighted by atomic mass is 127. The van der Waals surface area contributed by atoms with E-state index in [1.165, 1.54) is 18.2 Å². The fraction of sp³-hybridized carbons (Fsp3) is 0.500. The second-order valence-corrected chi connectivity index (χ2v) is 8.79. The van der Waals surface area contributed by atoms with E-state index in [1.54, 1.807) is 7.05 Å². The van der Waals surface area contributed by atoms with Crippen LogP contribution in [0.4, 0.5) is 5.69 Å². The maximum Gasteiger partial charge on any atom is 0.242 e. The van der Waals surface area contributed by atoms with Crippen LogP contribution in [-0.4, -0.2) is 40.2 Å². The molecule has 2 aliphatic rings. The van der Waals surface area contributed by atoms with Crippen molar-refractivity contribution >= 4 is 57.0 Å². The number of hydrogen-bond donors (Lipinski definition) is 1. The van der Waals surface area contributed by atoms with E-state index in [4.69, 9.17) is 0 Å². The molecular formula is C18H22IN3O2S. The zero-order chi connectivity index (χ0) is 17.8. The summed E-state index contributed by atoms with van der Waals surface area (Å²) in [4.78, 5) is 31.3. The van der Waals surface area contributed by atoms with Gasteiger partial charge in [-0.3, -0.25) is 19.5 Å². The number of thioether (sulfide) groups is 1. The number of amides is 2. The Morgan fingerprint density at radius 1 is 1.28 bits per heavy atom. The monoisotopic (exact) mass is 471 g/mol. The van der Waals surface area contributed by atoms with E-state index in [1.807, 2.05) is 29.2 Å². The standard InChI is InChI=1S/C18H22IN3O2S/c1-20-18-22(14-5-3-2-4-6-14)17(24)15(25-18)11-16(23)21-13-9-7-12(19)8-10-13/h7-10,14-15H,2-6,11H2,1H3,(H,21,23)/t15-/m0/s1. The molecule has 5 nitrogen and oxygen atoms in total. The average molecular weight is 471 g/mol. The van der Waals surface area contributed by atoms with Gasteiger partial charge in [-0.25, -0.2) is 0 Å². The third-order valence-corrected chi connectivity index (χ3v) is 6.56. The molecule has 134 valence electrons. The zero-order valence-corrected chi connectivity index (χ0v) is 17.2. The van der Waals surface area contributed by atoms with E-state index in [-0.39, 0.29) is 29.5 Å². The normalized spacial score (nSPS) is 23.3. The van der Waals surface area contributed by atoms with Crippen LogP contribution in [0.2, 0.25) is 0 Å². The van der Waals surface area contributed by atoms with Crippen molar-refractivity contribution in [1.82, 2.24) is 4.90 Å². The molecule has 1 saturated heterocycles. The van der Waals surface area contributed by atoms with E-state index in [9.17, 15) is 9.59 Å². The Labute approximate surface area is 166 Å². The first kappa shape index (κ1) is 18.7. The molecule has 2 amide bonds. The number of halogens is 1. The molecule has 3 rings (SSSR count). The third kappa shape index (κ3) is 4.55. The summed E-state index contributed by atoms with van der Waals surface area (Å²) >= 11 is 3.65. The van der Waals surface area contributed by atoms with Crippen LogP contribution in [0.3, 0.4) is 0 Å². The molecule has 1 aliphatic carbocycles. The minimum Gasteiger partial charge on any atom is -0.326 e. The Bertz CT molecular complexity index is 671. The zero-order valence-electron chi connectivity index (χ0n) is 14.2. The molecule has 2 fully saturated rings. The Kier molecular flexibility index (Phi) is 6.38. The van der Waals surface area contributed by atoms with Crippen LogP contribution >= 0.6 is 34.4 Å². The summed E-state index contributed by atoms with van der Waals surface area (Å²) in [5.41, 5.74) is 0.759. The molecule has 1 aromatic rings. The van der Waals surface area contributed by atoms with Crippen LogP contribution in [0.15, 0.2) is 29.3 Å². The number of nitrogens with zero attached hydrogens (tertiary/aromatic N) is 2. The summed E-state index contributed by atoms with van der Waals surface area (Å²) in [7, 11) is 1.72. The van der Waals surface area contributed by atoms with Crippen LogP contribution in [0.1, 0.15) is 38.5 Å². The molecule has 1 N–H and O–H groups in total. The van der Waals surface area contributed by atoms with Gasteiger partial charge < -0.3 is 5.32 Å². The molecule has 1 aliphatic heterocycles. The molecule has 0 spiro atoms. The molecule has 1 saturated carbocycles. The summed E-state index contributed by atoms with van der Waals surface area (Å²) in [5.74, 6) is -0.0942. The largest absolute Gasteiger partial charge is 0.326 e. The van der Waals surface area contributed by atoms with Gasteiger partial charge >= 0.3 is 0 Å². The van der Waals surface area contributed by atoms with E-state index in [2.05, 4.69) is 32.9 Å². The van der Waals surface area contributed by atoms with Crippen LogP contribution < -0.4 is 5.32 Å². The van der Waals surface area contributed by atoms with Crippen LogP contribution in [0.5, 0.6) is 0 Å². The Hall–Kier alpha value is -1.09. The van der Waals surface area contributed by atoms with Gasteiger partial charge in [0.05, 0.1) is 0 Å². The first-order chi connectivity index (χ1) is 12.1. The molecule has 1 atom stereocenters. The quantitative estimate of drug-likeness (QED) is 0.679. The number of carbonyl (C=O) groups is 2. The Morgan fingerprint density at radius 3 is 2.60 bits per heavy atom. The molecule has 7 heteroatoms. The number of rotatable bonds is 4. The van der Waals surface area contributed by atoms with Crippen molar-refractivity contribution in [3.8, 4) is 0 Å². The Balaban J connectivity index is 1.63. The summed E-state index contributed by atoms with van der Waals surface area (Å²) in [6, 6.07) is 7.88. The number of amidine groups is 1. The summed E-state index contributed by atoms with van der Waals surface area (Å²) < 4.78 is 1.11. The smallest absolute Gasteiger partial charge is 0.242 e. The van der Waals surface area contributed by atoms with Gasteiger partial charge in [-0.15, -0.1) is 0 Å². The second kappa shape index (κ2) is 8.53. The van der Waals surface area contributed by atoms with Crippen molar-refractivity contribution in [1.29, 1.82) is 0 Å². The van der Waals surface area contributed by atoms with Crippen LogP contribution in [-0.2, 0) is 9.59 Å². The fourth-order valence-corrected chi connectivity index (χ4v) is 4.88. The lowest BCUT2D eigenvalue weighted by atomic mass is 9.94. The lowest BCUT2D eigenvalue weighted by molar-refractivity contribution is -0.130. The van der Waals surface area contributed by atoms with Crippen molar-refractivity contribution in [2.24, 2.45) is 4.99 Å². The highest BCUT2D eigenvalue weighted by Gasteiger charge is 2.42. The van der Waals surface area contributed by atoms with Crippen molar-refractivity contribution in [2.75, 3.05) is 12.4 Å². The van der Waals surface area contributed by atoms with Crippen molar-refractivity contribution in [2.45, 2.75) is 49.8 Å². The number of aliphatic imine (C=N–C) groups is 1. The van der Waals surface area contributed by atoms with Gasteiger partial charge in [0.15, 0.2) is 5.17 Å². The lowest BCUT2D eigenvalue weighted by Gasteiger charge is -2.30. The van der Waals surface area contributed by atoms with E-state index >= 15 is 0 Å². The first-order valence-electron chi connectivity index (χ1n) is 8.60. The topological polar surface area (TPSA) is 61.8 Å². The summed E-state index contributed by atoms with van der Waals surface area (Å²) in [6.45, 7) is 0. The van der Waals surface area contributed by atoms with Gasteiger partial charge in [0.1, 0.15) is 5.25 Å². The summed E-state index contributed by atoms with van der Waals surface area (Å²) in [6.07, 6.45) is 5.81. The Morgan fingerprint density at radius 2 is 1.96 bits per heavy atom. The second-order valence-electron chi connectivity index (χ2n) is 6.37. The number of nitrogens with one attached hydrogen (secondary N) is 1. The number of carbonyl (C=O) groups excluding carboxylic acids is 2. The predicted octanol–water partition coefficient (Wildman–Crippen LogP) is 3.88. The molecule has 0 unspecified atom stereocenters. The minimum absolute atomic E-state index is 0.0373. The van der Waals surface area contributed by atoms with Crippen LogP contribution in [0, 0.1) is 3.57 Å². The van der Waals surface area contributed by atoms with Gasteiger partial charge in [-0.1, -0.05) is 31.0 Å². The van der Waals surface area contributed by atoms with Gasteiger partial charge in [0.25, 0.3) is 0 Å². The molecule has 1 aromatic carbocycles. The van der Waals surface area contributed by atoms with Gasteiger partial charge in [0.2, 0.25) is 11.8 Å². The molecule has 1 heterocycles. The highest BCUT2D eigenvalue weighted by molar-refractivity contribution is 14.1. The number of hydrogen-bond acceptors (Lipinski definition) is 4. The number of anilines is 1. The van der Waals surface area contributed by atoms with Gasteiger partial charge in [0, 0.05) is 28.8 Å². The minimum atomic E-state index is -0.371. The van der Waals surface area contributed by atoms with Crippen molar-refractivity contribution in [3.05, 3.63) is 27.8 Å². The maximum atomic E-state index is 12.8. The SMILES string of the molecule is CN=C1S[C@@H](CC(=O)Nc2ccc(I)cc2)C(=O)N1C1CCCCC1. The van der Waals surface area contributed by atoms with Crippen molar-refractivity contribution in [3.63, 3.8) is 0 Å². The molecule has 0 aromatic heterocycles. The molecular weight excluding hydrogens is 449 g/mol. The highest BCUT2D eigenvalue weighted by Crippen LogP contribution is 2.35. The van der Waals surface area contributed by atoms with Gasteiger partial charge in [-0.05, 0) is 59.7 Å². The van der Waals surface area contributed by atoms with E-state index < -0.39 is 0 Å². The number of benzene rings is 1.